The van der Waals surface area contributed by atoms with Crippen LogP contribution in [-0.2, 0) is 6.54 Å². The van der Waals surface area contributed by atoms with Gasteiger partial charge >= 0.3 is 0 Å². The van der Waals surface area contributed by atoms with Gasteiger partial charge in [-0.15, -0.1) is 0 Å². The Kier molecular flexibility index (Phi) is 5.89. The molecule has 0 aliphatic heterocycles. The summed E-state index contributed by atoms with van der Waals surface area (Å²) in [4.78, 5) is 12.2. The largest absolute Gasteiger partial charge is 0.494 e. The van der Waals surface area contributed by atoms with Gasteiger partial charge in [-0.05, 0) is 49.2 Å². The van der Waals surface area contributed by atoms with Crippen molar-refractivity contribution in [1.29, 1.82) is 0 Å². The third kappa shape index (κ3) is 4.55. The van der Waals surface area contributed by atoms with Crippen molar-refractivity contribution in [2.75, 3.05) is 18.9 Å². The molecule has 0 atom stereocenters. The third-order valence-electron chi connectivity index (χ3n) is 3.14. The summed E-state index contributed by atoms with van der Waals surface area (Å²) in [5, 5.41) is 0. The average Bonchev–Trinajstić information content (AvgIpc) is 2.53. The fourth-order valence-electron chi connectivity index (χ4n) is 2.00. The van der Waals surface area contributed by atoms with Gasteiger partial charge in [0.25, 0.3) is 5.56 Å². The molecule has 1 aromatic heterocycles. The number of anilines is 1. The van der Waals surface area contributed by atoms with Crippen molar-refractivity contribution >= 4 is 5.69 Å². The summed E-state index contributed by atoms with van der Waals surface area (Å²) in [6, 6.07) is 10.8. The van der Waals surface area contributed by atoms with Crippen molar-refractivity contribution in [3.05, 3.63) is 52.9 Å². The summed E-state index contributed by atoms with van der Waals surface area (Å²) in [7, 11) is 0. The second-order valence-electron chi connectivity index (χ2n) is 4.99. The SMILES string of the molecule is CCCOc1cccn(CCCOc2ccc(N)cc2)c1=O. The summed E-state index contributed by atoms with van der Waals surface area (Å²) in [6.45, 7) is 3.70. The third-order valence-corrected chi connectivity index (χ3v) is 3.14. The van der Waals surface area contributed by atoms with Crippen LogP contribution in [0.2, 0.25) is 0 Å². The van der Waals surface area contributed by atoms with Crippen LogP contribution in [0.5, 0.6) is 11.5 Å². The molecular formula is C17H22N2O3. The van der Waals surface area contributed by atoms with E-state index in [2.05, 4.69) is 0 Å². The van der Waals surface area contributed by atoms with Crippen LogP contribution >= 0.6 is 0 Å². The van der Waals surface area contributed by atoms with E-state index in [0.717, 1.165) is 18.6 Å². The van der Waals surface area contributed by atoms with Crippen LogP contribution in [-0.4, -0.2) is 17.8 Å². The van der Waals surface area contributed by atoms with Crippen molar-refractivity contribution in [2.24, 2.45) is 0 Å². The van der Waals surface area contributed by atoms with E-state index in [0.29, 0.717) is 31.2 Å². The van der Waals surface area contributed by atoms with Crippen molar-refractivity contribution < 1.29 is 9.47 Å². The molecule has 118 valence electrons. The lowest BCUT2D eigenvalue weighted by atomic mass is 10.3. The summed E-state index contributed by atoms with van der Waals surface area (Å²) in [5.41, 5.74) is 6.23. The van der Waals surface area contributed by atoms with E-state index in [4.69, 9.17) is 15.2 Å². The Balaban J connectivity index is 1.84. The Hall–Kier alpha value is -2.43. The van der Waals surface area contributed by atoms with Crippen LogP contribution in [0.25, 0.3) is 0 Å². The first-order valence-corrected chi connectivity index (χ1v) is 7.51. The van der Waals surface area contributed by atoms with Crippen LogP contribution in [0.4, 0.5) is 5.69 Å². The molecule has 1 heterocycles. The molecular weight excluding hydrogens is 280 g/mol. The zero-order valence-electron chi connectivity index (χ0n) is 12.8. The number of ether oxygens (including phenoxy) is 2. The molecule has 2 aromatic rings. The van der Waals surface area contributed by atoms with Crippen molar-refractivity contribution in [3.63, 3.8) is 0 Å². The fourth-order valence-corrected chi connectivity index (χ4v) is 2.00. The van der Waals surface area contributed by atoms with Crippen LogP contribution in [0, 0.1) is 0 Å². The molecule has 0 radical (unpaired) electrons. The second-order valence-corrected chi connectivity index (χ2v) is 4.99. The molecule has 0 unspecified atom stereocenters. The minimum atomic E-state index is -0.0940. The molecule has 1 aromatic carbocycles. The summed E-state index contributed by atoms with van der Waals surface area (Å²) >= 11 is 0. The molecule has 0 bridgehead atoms. The van der Waals surface area contributed by atoms with Crippen LogP contribution < -0.4 is 20.8 Å². The van der Waals surface area contributed by atoms with Gasteiger partial charge in [-0.1, -0.05) is 6.92 Å². The molecule has 0 saturated heterocycles. The van der Waals surface area contributed by atoms with Crippen LogP contribution in [0.15, 0.2) is 47.4 Å². The first kappa shape index (κ1) is 15.9. The first-order chi connectivity index (χ1) is 10.7. The Morgan fingerprint density at radius 2 is 1.86 bits per heavy atom. The Labute approximate surface area is 130 Å². The van der Waals surface area contributed by atoms with Gasteiger partial charge in [-0.2, -0.15) is 0 Å². The zero-order valence-corrected chi connectivity index (χ0v) is 12.8. The first-order valence-electron chi connectivity index (χ1n) is 7.51. The highest BCUT2D eigenvalue weighted by atomic mass is 16.5. The predicted molar refractivity (Wildman–Crippen MR) is 87.5 cm³/mol. The summed E-state index contributed by atoms with van der Waals surface area (Å²) < 4.78 is 12.7. The van der Waals surface area contributed by atoms with Crippen molar-refractivity contribution in [2.45, 2.75) is 26.3 Å². The lowest BCUT2D eigenvalue weighted by molar-refractivity contribution is 0.295. The van der Waals surface area contributed by atoms with Gasteiger partial charge in [0, 0.05) is 18.4 Å². The molecule has 0 aliphatic rings. The maximum atomic E-state index is 12.2. The Morgan fingerprint density at radius 1 is 1.09 bits per heavy atom. The van der Waals surface area contributed by atoms with Gasteiger partial charge in [0.05, 0.1) is 13.2 Å². The van der Waals surface area contributed by atoms with Gasteiger partial charge in [0.15, 0.2) is 5.75 Å². The highest BCUT2D eigenvalue weighted by Crippen LogP contribution is 2.13. The summed E-state index contributed by atoms with van der Waals surface area (Å²) in [5.74, 6) is 1.19. The molecule has 0 spiro atoms. The smallest absolute Gasteiger partial charge is 0.292 e. The molecule has 0 fully saturated rings. The number of aryl methyl sites for hydroxylation is 1. The number of aromatic nitrogens is 1. The van der Waals surface area contributed by atoms with E-state index in [1.54, 1.807) is 29.0 Å². The van der Waals surface area contributed by atoms with Crippen LogP contribution in [0.3, 0.4) is 0 Å². The standard InChI is InChI=1S/C17H22N2O3/c1-2-12-22-16-5-3-10-19(17(16)20)11-4-13-21-15-8-6-14(18)7-9-15/h3,5-10H,2,4,11-13,18H2,1H3. The monoisotopic (exact) mass is 302 g/mol. The molecule has 22 heavy (non-hydrogen) atoms. The number of nitrogens with two attached hydrogens (primary N) is 1. The number of hydrogen-bond donors (Lipinski definition) is 1. The number of nitrogen functional groups attached to an aromatic ring is 1. The summed E-state index contributed by atoms with van der Waals surface area (Å²) in [6.07, 6.45) is 3.38. The van der Waals surface area contributed by atoms with Gasteiger partial charge in [0.2, 0.25) is 0 Å². The van der Waals surface area contributed by atoms with Crippen molar-refractivity contribution in [1.82, 2.24) is 4.57 Å². The molecule has 0 amide bonds. The maximum Gasteiger partial charge on any atom is 0.292 e. The van der Waals surface area contributed by atoms with Gasteiger partial charge in [-0.3, -0.25) is 4.79 Å². The highest BCUT2D eigenvalue weighted by molar-refractivity contribution is 5.41. The predicted octanol–water partition coefficient (Wildman–Crippen LogP) is 2.69. The van der Waals surface area contributed by atoms with E-state index in [-0.39, 0.29) is 5.56 Å². The Morgan fingerprint density at radius 3 is 2.59 bits per heavy atom. The molecule has 2 rings (SSSR count). The minimum Gasteiger partial charge on any atom is -0.494 e. The lowest BCUT2D eigenvalue weighted by Crippen LogP contribution is -2.22. The maximum absolute atomic E-state index is 12.2. The topological polar surface area (TPSA) is 66.5 Å². The van der Waals surface area contributed by atoms with Gasteiger partial charge < -0.3 is 19.8 Å². The fraction of sp³-hybridized carbons (Fsp3) is 0.353. The second kappa shape index (κ2) is 8.12. The zero-order chi connectivity index (χ0) is 15.8. The van der Waals surface area contributed by atoms with E-state index in [1.165, 1.54) is 0 Å². The lowest BCUT2D eigenvalue weighted by Gasteiger charge is -2.10. The van der Waals surface area contributed by atoms with Gasteiger partial charge in [-0.25, -0.2) is 0 Å². The van der Waals surface area contributed by atoms with E-state index in [1.807, 2.05) is 25.1 Å². The number of nitrogens with zero attached hydrogens (tertiary/aromatic N) is 1. The normalized spacial score (nSPS) is 10.4. The average molecular weight is 302 g/mol. The molecule has 5 heteroatoms. The minimum absolute atomic E-state index is 0.0940. The molecule has 2 N–H and O–H groups in total. The number of pyridine rings is 1. The van der Waals surface area contributed by atoms with E-state index >= 15 is 0 Å². The number of rotatable bonds is 8. The quantitative estimate of drug-likeness (QED) is 0.601. The molecule has 0 saturated carbocycles. The van der Waals surface area contributed by atoms with Gasteiger partial charge in [0.1, 0.15) is 5.75 Å². The van der Waals surface area contributed by atoms with Crippen molar-refractivity contribution in [3.8, 4) is 11.5 Å². The van der Waals surface area contributed by atoms with Crippen LogP contribution in [0.1, 0.15) is 19.8 Å². The van der Waals surface area contributed by atoms with E-state index < -0.39 is 0 Å². The van der Waals surface area contributed by atoms with E-state index in [9.17, 15) is 4.79 Å². The highest BCUT2D eigenvalue weighted by Gasteiger charge is 2.03. The Bertz CT molecular complexity index is 635. The molecule has 0 aliphatic carbocycles. The number of hydrogen-bond acceptors (Lipinski definition) is 4. The number of benzene rings is 1. The molecule has 5 nitrogen and oxygen atoms in total.